The Balaban J connectivity index is 3.57. The summed E-state index contributed by atoms with van der Waals surface area (Å²) in [7, 11) is 3.41. The molecule has 0 aliphatic heterocycles. The molecule has 0 nitrogen and oxygen atoms in total. The van der Waals surface area contributed by atoms with Crippen molar-refractivity contribution < 1.29 is 0 Å². The van der Waals surface area contributed by atoms with Crippen LogP contribution in [-0.2, 0) is 0 Å². The predicted molar refractivity (Wildman–Crippen MR) is 49.7 cm³/mol. The van der Waals surface area contributed by atoms with E-state index in [1.54, 1.807) is 21.6 Å². The molecule has 0 aliphatic carbocycles. The summed E-state index contributed by atoms with van der Waals surface area (Å²) in [6, 6.07) is 0. The van der Waals surface area contributed by atoms with Crippen molar-refractivity contribution in [2.24, 2.45) is 0 Å². The molecule has 0 N–H and O–H groups in total. The fraction of sp³-hybridized carbons (Fsp3) is 0.429. The van der Waals surface area contributed by atoms with Crippen LogP contribution < -0.4 is 0 Å². The third-order valence-electron chi connectivity index (χ3n) is 0.823. The maximum atomic E-state index is 3.72. The van der Waals surface area contributed by atoms with Gasteiger partial charge in [0.2, 0.25) is 0 Å². The number of hydrogen-bond donors (Lipinski definition) is 0. The van der Waals surface area contributed by atoms with Gasteiger partial charge in [0.15, 0.2) is 0 Å². The maximum Gasteiger partial charge on any atom is 0.0386 e. The minimum absolute atomic E-state index is 0.166. The van der Waals surface area contributed by atoms with Gasteiger partial charge in [0.05, 0.1) is 0 Å². The Morgan fingerprint density at radius 2 is 1.89 bits per heavy atom. The van der Waals surface area contributed by atoms with Gasteiger partial charge in [0.25, 0.3) is 0 Å². The molecule has 0 atom stereocenters. The molecule has 0 bridgehead atoms. The van der Waals surface area contributed by atoms with Crippen LogP contribution in [0.25, 0.3) is 0 Å². The van der Waals surface area contributed by atoms with Crippen LogP contribution >= 0.6 is 21.6 Å². The van der Waals surface area contributed by atoms with Crippen LogP contribution in [0.3, 0.4) is 0 Å². The van der Waals surface area contributed by atoms with Gasteiger partial charge in [-0.3, -0.25) is 0 Å². The third-order valence-corrected chi connectivity index (χ3v) is 3.64. The second-order valence-corrected chi connectivity index (χ2v) is 4.98. The van der Waals surface area contributed by atoms with Gasteiger partial charge in [0.1, 0.15) is 0 Å². The predicted octanol–water partition coefficient (Wildman–Crippen LogP) is 3.48. The molecule has 0 heterocycles. The second-order valence-electron chi connectivity index (χ2n) is 2.15. The zero-order chi connectivity index (χ0) is 7.33. The molecule has 0 aliphatic rings. The van der Waals surface area contributed by atoms with E-state index < -0.39 is 0 Å². The minimum Gasteiger partial charge on any atom is -0.102 e. The second kappa shape index (κ2) is 4.07. The Hall–Kier alpha value is 0.180. The average molecular weight is 160 g/mol. The first-order valence-corrected chi connectivity index (χ1v) is 4.92. The van der Waals surface area contributed by atoms with Crippen LogP contribution in [0.5, 0.6) is 0 Å². The van der Waals surface area contributed by atoms with Gasteiger partial charge in [-0.2, -0.15) is 0 Å². The lowest BCUT2D eigenvalue weighted by Crippen LogP contribution is -2.06. The molecular weight excluding hydrogens is 148 g/mol. The van der Waals surface area contributed by atoms with Crippen LogP contribution in [0.1, 0.15) is 13.8 Å². The van der Waals surface area contributed by atoms with Gasteiger partial charge < -0.3 is 0 Å². The van der Waals surface area contributed by atoms with Crippen molar-refractivity contribution in [2.45, 2.75) is 18.6 Å². The van der Waals surface area contributed by atoms with E-state index in [2.05, 4.69) is 27.0 Å². The molecule has 0 aromatic heterocycles. The van der Waals surface area contributed by atoms with Crippen LogP contribution in [0.4, 0.5) is 0 Å². The smallest absolute Gasteiger partial charge is 0.0386 e. The first-order valence-electron chi connectivity index (χ1n) is 2.71. The average Bonchev–Trinajstić information content (AvgIpc) is 1.84. The van der Waals surface area contributed by atoms with Crippen molar-refractivity contribution in [3.05, 3.63) is 24.6 Å². The van der Waals surface area contributed by atoms with Crippen molar-refractivity contribution in [3.8, 4) is 0 Å². The number of hydrogen-bond acceptors (Lipinski definition) is 2. The molecule has 0 saturated heterocycles. The first-order chi connectivity index (χ1) is 4.12. The largest absolute Gasteiger partial charge is 0.102 e. The van der Waals surface area contributed by atoms with Crippen molar-refractivity contribution in [1.82, 2.24) is 0 Å². The van der Waals surface area contributed by atoms with E-state index in [0.717, 1.165) is 0 Å². The minimum atomic E-state index is 0.166. The van der Waals surface area contributed by atoms with Crippen molar-refractivity contribution in [2.75, 3.05) is 0 Å². The zero-order valence-corrected chi connectivity index (χ0v) is 7.52. The van der Waals surface area contributed by atoms with Gasteiger partial charge in [-0.05, 0) is 19.3 Å². The summed E-state index contributed by atoms with van der Waals surface area (Å²) in [4.78, 5) is 0. The maximum absolute atomic E-state index is 3.72. The molecule has 0 unspecified atom stereocenters. The highest BCUT2D eigenvalue weighted by Gasteiger charge is 2.11. The fourth-order valence-electron chi connectivity index (χ4n) is 0.192. The summed E-state index contributed by atoms with van der Waals surface area (Å²) in [5, 5.41) is 1.83. The van der Waals surface area contributed by atoms with Crippen LogP contribution in [0.2, 0.25) is 0 Å². The summed E-state index contributed by atoms with van der Waals surface area (Å²) in [5.41, 5.74) is 0. The van der Waals surface area contributed by atoms with E-state index in [1.165, 1.54) is 0 Å². The van der Waals surface area contributed by atoms with E-state index in [1.807, 2.05) is 11.5 Å². The van der Waals surface area contributed by atoms with Crippen molar-refractivity contribution in [1.29, 1.82) is 0 Å². The lowest BCUT2D eigenvalue weighted by Gasteiger charge is -2.15. The van der Waals surface area contributed by atoms with Crippen LogP contribution in [0, 0.1) is 0 Å². The lowest BCUT2D eigenvalue weighted by molar-refractivity contribution is 0.910. The van der Waals surface area contributed by atoms with Crippen LogP contribution in [0.15, 0.2) is 24.6 Å². The summed E-state index contributed by atoms with van der Waals surface area (Å²) < 4.78 is 0.166. The lowest BCUT2D eigenvalue weighted by atomic mass is 10.2. The molecule has 2 heteroatoms. The highest BCUT2D eigenvalue weighted by Crippen LogP contribution is 2.36. The molecule has 0 aromatic carbocycles. The summed E-state index contributed by atoms with van der Waals surface area (Å²) >= 11 is 0. The monoisotopic (exact) mass is 160 g/mol. The zero-order valence-electron chi connectivity index (χ0n) is 5.89. The standard InChI is InChI=1S/C7H12S2/c1-5-7(3,4)9-8-6-2/h5-6H,1-2H2,3-4H3. The van der Waals surface area contributed by atoms with E-state index in [4.69, 9.17) is 0 Å². The van der Waals surface area contributed by atoms with Crippen molar-refractivity contribution >= 4 is 21.6 Å². The Morgan fingerprint density at radius 1 is 1.33 bits per heavy atom. The van der Waals surface area contributed by atoms with Crippen LogP contribution in [-0.4, -0.2) is 4.75 Å². The summed E-state index contributed by atoms with van der Waals surface area (Å²) in [5.74, 6) is 0. The van der Waals surface area contributed by atoms with Crippen molar-refractivity contribution in [3.63, 3.8) is 0 Å². The van der Waals surface area contributed by atoms with E-state index in [0.29, 0.717) is 0 Å². The molecule has 0 amide bonds. The Bertz CT molecular complexity index is 105. The highest BCUT2D eigenvalue weighted by atomic mass is 33.1. The third kappa shape index (κ3) is 4.67. The van der Waals surface area contributed by atoms with Gasteiger partial charge in [-0.15, -0.1) is 6.58 Å². The van der Waals surface area contributed by atoms with E-state index in [9.17, 15) is 0 Å². The van der Waals surface area contributed by atoms with Gasteiger partial charge >= 0.3 is 0 Å². The molecule has 0 fully saturated rings. The topological polar surface area (TPSA) is 0 Å². The van der Waals surface area contributed by atoms with Gasteiger partial charge in [-0.1, -0.05) is 34.2 Å². The van der Waals surface area contributed by atoms with Gasteiger partial charge in [-0.25, -0.2) is 0 Å². The molecule has 0 rings (SSSR count). The SMILES string of the molecule is C=CSSC(C)(C)C=C. The molecule has 0 aromatic rings. The molecule has 52 valence electrons. The quantitative estimate of drug-likeness (QED) is 0.456. The van der Waals surface area contributed by atoms with E-state index >= 15 is 0 Å². The highest BCUT2D eigenvalue weighted by molar-refractivity contribution is 8.78. The summed E-state index contributed by atoms with van der Waals surface area (Å²) in [6.07, 6.45) is 1.94. The first kappa shape index (κ1) is 9.18. The Morgan fingerprint density at radius 3 is 2.22 bits per heavy atom. The Labute approximate surface area is 65.2 Å². The normalized spacial score (nSPS) is 10.9. The van der Waals surface area contributed by atoms with Gasteiger partial charge in [0, 0.05) is 4.75 Å². The molecule has 9 heavy (non-hydrogen) atoms. The fourth-order valence-corrected chi connectivity index (χ4v) is 1.73. The Kier molecular flexibility index (Phi) is 4.15. The van der Waals surface area contributed by atoms with E-state index in [-0.39, 0.29) is 4.75 Å². The number of rotatable bonds is 4. The molecule has 0 spiro atoms. The molecular formula is C7H12S2. The molecule has 0 saturated carbocycles. The molecule has 0 radical (unpaired) electrons. The summed E-state index contributed by atoms with van der Waals surface area (Å²) in [6.45, 7) is 11.6.